The second kappa shape index (κ2) is 5.12. The van der Waals surface area contributed by atoms with Crippen LogP contribution in [-0.4, -0.2) is 58.7 Å². The van der Waals surface area contributed by atoms with E-state index in [-0.39, 0.29) is 18.5 Å². The van der Waals surface area contributed by atoms with Gasteiger partial charge in [0.25, 0.3) is 0 Å². The zero-order chi connectivity index (χ0) is 16.9. The van der Waals surface area contributed by atoms with Crippen LogP contribution >= 0.6 is 0 Å². The molecule has 3 heterocycles. The van der Waals surface area contributed by atoms with E-state index in [9.17, 15) is 14.4 Å². The first-order valence-electron chi connectivity index (χ1n) is 7.78. The van der Waals surface area contributed by atoms with Gasteiger partial charge in [0.2, 0.25) is 5.91 Å². The number of likely N-dealkylation sites (tertiary alicyclic amines) is 1. The Hall–Kier alpha value is -2.77. The Kier molecular flexibility index (Phi) is 3.16. The molecule has 2 aliphatic heterocycles. The van der Waals surface area contributed by atoms with Crippen LogP contribution in [-0.2, 0) is 16.1 Å². The van der Waals surface area contributed by atoms with E-state index in [1.54, 1.807) is 36.2 Å². The molecule has 1 aromatic carbocycles. The Morgan fingerprint density at radius 2 is 2.04 bits per heavy atom. The van der Waals surface area contributed by atoms with E-state index in [0.717, 1.165) is 0 Å². The molecule has 0 radical (unpaired) electrons. The van der Waals surface area contributed by atoms with Crippen molar-refractivity contribution in [1.82, 2.24) is 14.4 Å². The van der Waals surface area contributed by atoms with Gasteiger partial charge in [-0.3, -0.25) is 9.36 Å². The fraction of sp³-hybridized carbons (Fsp3) is 0.438. The van der Waals surface area contributed by atoms with Crippen molar-refractivity contribution in [3.05, 3.63) is 34.8 Å². The highest BCUT2D eigenvalue weighted by Crippen LogP contribution is 2.31. The summed E-state index contributed by atoms with van der Waals surface area (Å²) < 4.78 is 11.9. The molecule has 0 bridgehead atoms. The summed E-state index contributed by atoms with van der Waals surface area (Å²) in [6.45, 7) is 1.25. The number of aromatic nitrogens is 1. The third-order valence-electron chi connectivity index (χ3n) is 4.68. The number of carbonyl (C=O) groups is 2. The molecule has 1 aromatic heterocycles. The van der Waals surface area contributed by atoms with E-state index in [1.807, 2.05) is 0 Å². The molecule has 2 amide bonds. The molecule has 2 aromatic rings. The summed E-state index contributed by atoms with van der Waals surface area (Å²) in [5, 5.41) is 0. The second-order valence-electron chi connectivity index (χ2n) is 6.39. The van der Waals surface area contributed by atoms with Crippen molar-refractivity contribution in [1.29, 1.82) is 0 Å². The van der Waals surface area contributed by atoms with Gasteiger partial charge >= 0.3 is 11.8 Å². The van der Waals surface area contributed by atoms with Crippen molar-refractivity contribution in [3.8, 4) is 0 Å². The molecular weight excluding hydrogens is 314 g/mol. The van der Waals surface area contributed by atoms with Crippen molar-refractivity contribution in [2.24, 2.45) is 0 Å². The number of fused-ring (bicyclic) bond motifs is 1. The van der Waals surface area contributed by atoms with Crippen LogP contribution in [0.5, 0.6) is 0 Å². The van der Waals surface area contributed by atoms with Gasteiger partial charge in [0, 0.05) is 20.0 Å². The Labute approximate surface area is 137 Å². The van der Waals surface area contributed by atoms with Crippen molar-refractivity contribution in [2.75, 3.05) is 26.7 Å². The SMILES string of the molecule is CN1CC2(CCN(C(=O)Cn3c(=O)oc4ccccc43)C2)OC1=O. The third-order valence-corrected chi connectivity index (χ3v) is 4.68. The highest BCUT2D eigenvalue weighted by Gasteiger charge is 2.49. The third kappa shape index (κ3) is 2.26. The van der Waals surface area contributed by atoms with Crippen LogP contribution < -0.4 is 5.76 Å². The Morgan fingerprint density at radius 3 is 2.79 bits per heavy atom. The summed E-state index contributed by atoms with van der Waals surface area (Å²) in [6.07, 6.45) is 0.247. The first-order chi connectivity index (χ1) is 11.5. The van der Waals surface area contributed by atoms with E-state index < -0.39 is 11.4 Å². The maximum atomic E-state index is 12.6. The summed E-state index contributed by atoms with van der Waals surface area (Å²) >= 11 is 0. The summed E-state index contributed by atoms with van der Waals surface area (Å²) in [5.41, 5.74) is 0.432. The van der Waals surface area contributed by atoms with Crippen LogP contribution in [0.1, 0.15) is 6.42 Å². The van der Waals surface area contributed by atoms with Gasteiger partial charge in [-0.15, -0.1) is 0 Å². The Morgan fingerprint density at radius 1 is 1.25 bits per heavy atom. The van der Waals surface area contributed by atoms with Gasteiger partial charge in [0.15, 0.2) is 11.2 Å². The maximum Gasteiger partial charge on any atom is 0.420 e. The average Bonchev–Trinajstić information content (AvgIpc) is 3.18. The van der Waals surface area contributed by atoms with Gasteiger partial charge in [-0.1, -0.05) is 12.1 Å². The minimum absolute atomic E-state index is 0.0876. The molecule has 8 heteroatoms. The quantitative estimate of drug-likeness (QED) is 0.806. The van der Waals surface area contributed by atoms with Crippen LogP contribution in [0.4, 0.5) is 4.79 Å². The zero-order valence-corrected chi connectivity index (χ0v) is 13.2. The number of hydrogen-bond donors (Lipinski definition) is 0. The predicted molar refractivity (Wildman–Crippen MR) is 83.5 cm³/mol. The van der Waals surface area contributed by atoms with Crippen LogP contribution in [0.3, 0.4) is 0 Å². The molecule has 2 fully saturated rings. The van der Waals surface area contributed by atoms with Crippen molar-refractivity contribution in [3.63, 3.8) is 0 Å². The van der Waals surface area contributed by atoms with Gasteiger partial charge in [0.1, 0.15) is 6.54 Å². The van der Waals surface area contributed by atoms with Gasteiger partial charge in [0.05, 0.1) is 18.6 Å². The lowest BCUT2D eigenvalue weighted by atomic mass is 10.0. The Bertz CT molecular complexity index is 885. The van der Waals surface area contributed by atoms with Crippen LogP contribution in [0.15, 0.2) is 33.5 Å². The molecule has 126 valence electrons. The number of oxazole rings is 1. The number of amides is 2. The average molecular weight is 331 g/mol. The summed E-state index contributed by atoms with van der Waals surface area (Å²) in [6, 6.07) is 6.99. The summed E-state index contributed by atoms with van der Waals surface area (Å²) in [4.78, 5) is 39.3. The molecule has 2 saturated heterocycles. The smallest absolute Gasteiger partial charge is 0.420 e. The molecule has 8 nitrogen and oxygen atoms in total. The highest BCUT2D eigenvalue weighted by molar-refractivity contribution is 5.80. The predicted octanol–water partition coefficient (Wildman–Crippen LogP) is 0.648. The van der Waals surface area contributed by atoms with Gasteiger partial charge in [-0.2, -0.15) is 0 Å². The standard InChI is InChI=1S/C16H17N3O5/c1-17-9-16(24-14(17)21)6-7-18(10-16)13(20)8-19-11-4-2-3-5-12(11)23-15(19)22/h2-5H,6-10H2,1H3. The fourth-order valence-electron chi connectivity index (χ4n) is 3.46. The van der Waals surface area contributed by atoms with Gasteiger partial charge in [-0.05, 0) is 12.1 Å². The number of para-hydroxylation sites is 2. The summed E-state index contributed by atoms with van der Waals surface area (Å²) in [5.74, 6) is -0.739. The van der Waals surface area contributed by atoms with Crippen molar-refractivity contribution in [2.45, 2.75) is 18.6 Å². The van der Waals surface area contributed by atoms with Crippen molar-refractivity contribution < 1.29 is 18.7 Å². The number of rotatable bonds is 2. The number of carbonyl (C=O) groups excluding carboxylic acids is 2. The lowest BCUT2D eigenvalue weighted by Gasteiger charge is -2.21. The first kappa shape index (κ1) is 14.8. The monoisotopic (exact) mass is 331 g/mol. The van der Waals surface area contributed by atoms with E-state index in [4.69, 9.17) is 9.15 Å². The number of hydrogen-bond acceptors (Lipinski definition) is 5. The van der Waals surface area contributed by atoms with Crippen LogP contribution in [0, 0.1) is 0 Å². The summed E-state index contributed by atoms with van der Waals surface area (Å²) in [7, 11) is 1.68. The molecule has 24 heavy (non-hydrogen) atoms. The topological polar surface area (TPSA) is 85.0 Å². The minimum atomic E-state index is -0.620. The van der Waals surface area contributed by atoms with E-state index >= 15 is 0 Å². The van der Waals surface area contributed by atoms with E-state index in [0.29, 0.717) is 37.2 Å². The molecule has 0 aliphatic carbocycles. The molecule has 1 spiro atoms. The molecule has 2 aliphatic rings. The normalized spacial score (nSPS) is 23.5. The molecule has 4 rings (SSSR count). The minimum Gasteiger partial charge on any atom is -0.439 e. The molecule has 1 unspecified atom stereocenters. The Balaban J connectivity index is 1.52. The van der Waals surface area contributed by atoms with E-state index in [1.165, 1.54) is 9.47 Å². The number of benzene rings is 1. The molecule has 1 atom stereocenters. The second-order valence-corrected chi connectivity index (χ2v) is 6.39. The lowest BCUT2D eigenvalue weighted by molar-refractivity contribution is -0.131. The molecular formula is C16H17N3O5. The molecule has 0 N–H and O–H groups in total. The molecule has 0 saturated carbocycles. The number of likely N-dealkylation sites (N-methyl/N-ethyl adjacent to an activating group) is 1. The zero-order valence-electron chi connectivity index (χ0n) is 13.2. The fourth-order valence-corrected chi connectivity index (χ4v) is 3.46. The highest BCUT2D eigenvalue weighted by atomic mass is 16.6. The maximum absolute atomic E-state index is 12.6. The first-order valence-corrected chi connectivity index (χ1v) is 7.78. The van der Waals surface area contributed by atoms with Gasteiger partial charge < -0.3 is 19.0 Å². The largest absolute Gasteiger partial charge is 0.439 e. The van der Waals surface area contributed by atoms with Crippen LogP contribution in [0.2, 0.25) is 0 Å². The van der Waals surface area contributed by atoms with E-state index in [2.05, 4.69) is 0 Å². The lowest BCUT2D eigenvalue weighted by Crippen LogP contribution is -2.40. The number of nitrogens with zero attached hydrogens (tertiary/aromatic N) is 3. The number of ether oxygens (including phenoxy) is 1. The van der Waals surface area contributed by atoms with Crippen LogP contribution in [0.25, 0.3) is 11.1 Å². The van der Waals surface area contributed by atoms with Crippen molar-refractivity contribution >= 4 is 23.1 Å². The van der Waals surface area contributed by atoms with Gasteiger partial charge in [-0.25, -0.2) is 9.59 Å².